The molecule has 1 aliphatic carbocycles. The predicted octanol–water partition coefficient (Wildman–Crippen LogP) is 4.39. The third-order valence-corrected chi connectivity index (χ3v) is 7.05. The molecule has 2 aromatic heterocycles. The number of hydrogen-bond donors (Lipinski definition) is 1. The Morgan fingerprint density at radius 2 is 2.03 bits per heavy atom. The number of Topliss-reactive ketones (excluding diaryl/α,β-unsaturated/α-hetero) is 1. The SMILES string of the molecule is O=C(CC1(CCOC(F)F)CCC1)c1cnn2c1CN(C(=O)c1cc3ccccc3[nH]1)CC2. The lowest BCUT2D eigenvalue weighted by Gasteiger charge is -2.41. The Kier molecular flexibility index (Phi) is 5.74. The van der Waals surface area contributed by atoms with Crippen LogP contribution in [0.25, 0.3) is 10.9 Å². The molecule has 1 aromatic carbocycles. The number of nitrogens with one attached hydrogen (secondary N) is 1. The standard InChI is InChI=1S/C24H26F2N4O3/c25-23(26)33-11-8-24(6-3-7-24)13-21(31)17-14-27-30-10-9-29(15-20(17)30)22(32)19-12-16-4-1-2-5-18(16)28-19/h1-2,4-5,12,14,23,28H,3,6-11,13,15H2. The van der Waals surface area contributed by atoms with Crippen LogP contribution in [-0.4, -0.2) is 51.1 Å². The minimum absolute atomic E-state index is 0.0482. The van der Waals surface area contributed by atoms with Crippen molar-refractivity contribution in [2.24, 2.45) is 5.41 Å². The van der Waals surface area contributed by atoms with Crippen molar-refractivity contribution in [1.29, 1.82) is 0 Å². The number of rotatable bonds is 8. The van der Waals surface area contributed by atoms with Gasteiger partial charge in [-0.1, -0.05) is 24.6 Å². The van der Waals surface area contributed by atoms with Gasteiger partial charge < -0.3 is 14.6 Å². The third kappa shape index (κ3) is 4.29. The lowest BCUT2D eigenvalue weighted by atomic mass is 9.63. The molecule has 3 heterocycles. The molecule has 1 fully saturated rings. The number of ketones is 1. The average Bonchev–Trinajstić information content (AvgIpc) is 3.40. The second-order valence-electron chi connectivity index (χ2n) is 9.06. The highest BCUT2D eigenvalue weighted by Gasteiger charge is 2.40. The summed E-state index contributed by atoms with van der Waals surface area (Å²) in [5.74, 6) is -0.162. The van der Waals surface area contributed by atoms with E-state index in [9.17, 15) is 18.4 Å². The maximum atomic E-state index is 13.2. The van der Waals surface area contributed by atoms with Gasteiger partial charge in [0.25, 0.3) is 5.91 Å². The van der Waals surface area contributed by atoms with E-state index in [2.05, 4.69) is 14.8 Å². The second-order valence-corrected chi connectivity index (χ2v) is 9.06. The summed E-state index contributed by atoms with van der Waals surface area (Å²) >= 11 is 0. The number of aromatic nitrogens is 3. The molecular weight excluding hydrogens is 430 g/mol. The molecule has 33 heavy (non-hydrogen) atoms. The lowest BCUT2D eigenvalue weighted by molar-refractivity contribution is -0.137. The molecule has 1 amide bonds. The fourth-order valence-corrected chi connectivity index (χ4v) is 5.00. The Bertz CT molecular complexity index is 1150. The largest absolute Gasteiger partial charge is 0.351 e. The van der Waals surface area contributed by atoms with Crippen molar-refractivity contribution in [2.75, 3.05) is 13.2 Å². The Morgan fingerprint density at radius 1 is 1.21 bits per heavy atom. The highest BCUT2D eigenvalue weighted by molar-refractivity contribution is 5.99. The number of hydrogen-bond acceptors (Lipinski definition) is 4. The predicted molar refractivity (Wildman–Crippen MR) is 117 cm³/mol. The Labute approximate surface area is 189 Å². The number of benzene rings is 1. The van der Waals surface area contributed by atoms with E-state index in [1.165, 1.54) is 0 Å². The van der Waals surface area contributed by atoms with Gasteiger partial charge in [0.2, 0.25) is 0 Å². The molecule has 5 rings (SSSR count). The number of aromatic amines is 1. The smallest absolute Gasteiger partial charge is 0.345 e. The first kappa shape index (κ1) is 21.8. The topological polar surface area (TPSA) is 80.2 Å². The first-order valence-corrected chi connectivity index (χ1v) is 11.3. The van der Waals surface area contributed by atoms with Crippen molar-refractivity contribution in [3.8, 4) is 0 Å². The highest BCUT2D eigenvalue weighted by Crippen LogP contribution is 2.47. The number of alkyl halides is 2. The van der Waals surface area contributed by atoms with Gasteiger partial charge >= 0.3 is 6.61 Å². The van der Waals surface area contributed by atoms with Gasteiger partial charge in [-0.05, 0) is 36.8 Å². The zero-order valence-corrected chi connectivity index (χ0v) is 18.2. The van der Waals surface area contributed by atoms with Crippen LogP contribution in [0.3, 0.4) is 0 Å². The van der Waals surface area contributed by atoms with Crippen LogP contribution in [0.4, 0.5) is 8.78 Å². The van der Waals surface area contributed by atoms with Crippen molar-refractivity contribution in [2.45, 2.75) is 51.8 Å². The van der Waals surface area contributed by atoms with Crippen LogP contribution in [0.5, 0.6) is 0 Å². The summed E-state index contributed by atoms with van der Waals surface area (Å²) in [5.41, 5.74) is 2.39. The second kappa shape index (κ2) is 8.70. The highest BCUT2D eigenvalue weighted by atomic mass is 19.3. The number of para-hydroxylation sites is 1. The van der Waals surface area contributed by atoms with Crippen LogP contribution in [0, 0.1) is 5.41 Å². The molecule has 7 nitrogen and oxygen atoms in total. The average molecular weight is 456 g/mol. The summed E-state index contributed by atoms with van der Waals surface area (Å²) in [6, 6.07) is 9.57. The monoisotopic (exact) mass is 456 g/mol. The van der Waals surface area contributed by atoms with Gasteiger partial charge in [-0.25, -0.2) is 0 Å². The number of carbonyl (C=O) groups excluding carboxylic acids is 2. The zero-order valence-electron chi connectivity index (χ0n) is 18.2. The Balaban J connectivity index is 1.29. The minimum Gasteiger partial charge on any atom is -0.351 e. The number of H-pyrrole nitrogens is 1. The van der Waals surface area contributed by atoms with Gasteiger partial charge in [-0.2, -0.15) is 13.9 Å². The number of ether oxygens (including phenoxy) is 1. The van der Waals surface area contributed by atoms with E-state index in [0.717, 1.165) is 35.9 Å². The maximum Gasteiger partial charge on any atom is 0.345 e. The number of halogens is 2. The Morgan fingerprint density at radius 3 is 2.76 bits per heavy atom. The zero-order chi connectivity index (χ0) is 23.0. The van der Waals surface area contributed by atoms with Crippen LogP contribution < -0.4 is 0 Å². The number of nitrogens with zero attached hydrogens (tertiary/aromatic N) is 3. The maximum absolute atomic E-state index is 13.2. The first-order valence-electron chi connectivity index (χ1n) is 11.3. The molecule has 1 saturated carbocycles. The third-order valence-electron chi connectivity index (χ3n) is 7.05. The van der Waals surface area contributed by atoms with Crippen LogP contribution in [0.2, 0.25) is 0 Å². The van der Waals surface area contributed by atoms with Crippen molar-refractivity contribution in [1.82, 2.24) is 19.7 Å². The molecule has 0 bridgehead atoms. The minimum atomic E-state index is -2.79. The molecular formula is C24H26F2N4O3. The first-order chi connectivity index (χ1) is 15.9. The number of carbonyl (C=O) groups is 2. The fourth-order valence-electron chi connectivity index (χ4n) is 5.00. The van der Waals surface area contributed by atoms with E-state index in [0.29, 0.717) is 37.3 Å². The molecule has 0 atom stereocenters. The van der Waals surface area contributed by atoms with Crippen LogP contribution in [0.1, 0.15) is 58.6 Å². The summed E-state index contributed by atoms with van der Waals surface area (Å²) < 4.78 is 30.9. The molecule has 174 valence electrons. The lowest BCUT2D eigenvalue weighted by Crippen LogP contribution is -2.39. The van der Waals surface area contributed by atoms with E-state index in [4.69, 9.17) is 0 Å². The molecule has 3 aromatic rings. The van der Waals surface area contributed by atoms with Gasteiger partial charge in [0, 0.05) is 23.9 Å². The summed E-state index contributed by atoms with van der Waals surface area (Å²) in [4.78, 5) is 31.2. The van der Waals surface area contributed by atoms with Gasteiger partial charge in [0.1, 0.15) is 5.69 Å². The van der Waals surface area contributed by atoms with Crippen molar-refractivity contribution < 1.29 is 23.1 Å². The number of amides is 1. The van der Waals surface area contributed by atoms with E-state index >= 15 is 0 Å². The van der Waals surface area contributed by atoms with Crippen LogP contribution in [0.15, 0.2) is 36.5 Å². The van der Waals surface area contributed by atoms with Crippen LogP contribution >= 0.6 is 0 Å². The summed E-state index contributed by atoms with van der Waals surface area (Å²) in [6.07, 6.45) is 4.96. The molecule has 2 aliphatic rings. The quantitative estimate of drug-likeness (QED) is 0.510. The Hall–Kier alpha value is -3.07. The van der Waals surface area contributed by atoms with E-state index in [-0.39, 0.29) is 30.1 Å². The molecule has 1 N–H and O–H groups in total. The van der Waals surface area contributed by atoms with Crippen molar-refractivity contribution in [3.05, 3.63) is 53.5 Å². The van der Waals surface area contributed by atoms with Crippen molar-refractivity contribution in [3.63, 3.8) is 0 Å². The molecule has 9 heteroatoms. The fraction of sp³-hybridized carbons (Fsp3) is 0.458. The van der Waals surface area contributed by atoms with Gasteiger partial charge in [0.15, 0.2) is 5.78 Å². The molecule has 0 unspecified atom stereocenters. The summed E-state index contributed by atoms with van der Waals surface area (Å²) in [7, 11) is 0. The van der Waals surface area contributed by atoms with Crippen LogP contribution in [-0.2, 0) is 17.8 Å². The normalized spacial score (nSPS) is 17.2. The number of fused-ring (bicyclic) bond motifs is 2. The van der Waals surface area contributed by atoms with Crippen molar-refractivity contribution >= 4 is 22.6 Å². The summed E-state index contributed by atoms with van der Waals surface area (Å²) in [5, 5.41) is 5.34. The molecule has 0 spiro atoms. The molecule has 1 aliphatic heterocycles. The van der Waals surface area contributed by atoms with Gasteiger partial charge in [0.05, 0.1) is 37.2 Å². The molecule has 0 radical (unpaired) electrons. The van der Waals surface area contributed by atoms with E-state index in [1.807, 2.05) is 30.3 Å². The molecule has 0 saturated heterocycles. The van der Waals surface area contributed by atoms with E-state index < -0.39 is 6.61 Å². The van der Waals surface area contributed by atoms with E-state index in [1.54, 1.807) is 15.8 Å². The summed E-state index contributed by atoms with van der Waals surface area (Å²) in [6.45, 7) is -1.52. The van der Waals surface area contributed by atoms with Gasteiger partial charge in [-0.3, -0.25) is 14.3 Å². The van der Waals surface area contributed by atoms with Gasteiger partial charge in [-0.15, -0.1) is 0 Å².